The average Bonchev–Trinajstić information content (AvgIpc) is 2.98. The molecule has 1 aliphatic rings. The van der Waals surface area contributed by atoms with Crippen LogP contribution in [0, 0.1) is 0 Å². The summed E-state index contributed by atoms with van der Waals surface area (Å²) in [5.74, 6) is -0.319. The quantitative estimate of drug-likeness (QED) is 0.642. The first-order valence-corrected chi connectivity index (χ1v) is 7.93. The zero-order valence-electron chi connectivity index (χ0n) is 12.9. The van der Waals surface area contributed by atoms with Crippen molar-refractivity contribution in [3.63, 3.8) is 0 Å². The lowest BCUT2D eigenvalue weighted by Gasteiger charge is -2.14. The van der Waals surface area contributed by atoms with Crippen LogP contribution in [-0.2, 0) is 9.47 Å². The summed E-state index contributed by atoms with van der Waals surface area (Å²) in [5.41, 5.74) is 1.35. The third-order valence-corrected chi connectivity index (χ3v) is 3.48. The van der Waals surface area contributed by atoms with E-state index in [9.17, 15) is 4.79 Å². The van der Waals surface area contributed by atoms with Gasteiger partial charge in [-0.3, -0.25) is 0 Å². The fourth-order valence-electron chi connectivity index (χ4n) is 2.16. The Balaban J connectivity index is 1.80. The Morgan fingerprint density at radius 3 is 2.73 bits per heavy atom. The van der Waals surface area contributed by atoms with Crippen LogP contribution in [0.2, 0.25) is 0 Å². The van der Waals surface area contributed by atoms with Gasteiger partial charge < -0.3 is 20.1 Å². The minimum absolute atomic E-state index is 0.125. The van der Waals surface area contributed by atoms with E-state index in [4.69, 9.17) is 21.7 Å². The summed E-state index contributed by atoms with van der Waals surface area (Å²) in [6.45, 7) is 5.20. The van der Waals surface area contributed by atoms with Crippen LogP contribution in [0.25, 0.3) is 0 Å². The molecule has 2 rings (SSSR count). The minimum atomic E-state index is -0.319. The first-order chi connectivity index (χ1) is 10.5. The largest absolute Gasteiger partial charge is 0.459 e. The Morgan fingerprint density at radius 1 is 1.41 bits per heavy atom. The molecule has 22 heavy (non-hydrogen) atoms. The highest BCUT2D eigenvalue weighted by atomic mass is 32.1. The Morgan fingerprint density at radius 2 is 2.14 bits per heavy atom. The number of hydrogen-bond acceptors (Lipinski definition) is 4. The van der Waals surface area contributed by atoms with E-state index in [1.54, 1.807) is 24.3 Å². The molecule has 1 aromatic carbocycles. The zero-order chi connectivity index (χ0) is 15.9. The van der Waals surface area contributed by atoms with Gasteiger partial charge in [-0.05, 0) is 63.2 Å². The van der Waals surface area contributed by atoms with Crippen molar-refractivity contribution in [3.8, 4) is 0 Å². The molecular formula is C16H22N2O3S. The molecule has 1 heterocycles. The smallest absolute Gasteiger partial charge is 0.338 e. The predicted octanol–water partition coefficient (Wildman–Crippen LogP) is 2.72. The SMILES string of the molecule is CC(C)OC(=O)c1ccc(NC(=S)NC[C@@H]2CCCO2)cc1. The molecule has 1 atom stereocenters. The van der Waals surface area contributed by atoms with Crippen molar-refractivity contribution in [2.45, 2.75) is 38.9 Å². The number of rotatable bonds is 5. The normalized spacial score (nSPS) is 17.3. The number of hydrogen-bond donors (Lipinski definition) is 2. The number of carbonyl (C=O) groups excluding carboxylic acids is 1. The molecule has 1 aliphatic heterocycles. The van der Waals surface area contributed by atoms with Crippen LogP contribution in [0.5, 0.6) is 0 Å². The molecule has 0 bridgehead atoms. The number of nitrogens with one attached hydrogen (secondary N) is 2. The highest BCUT2D eigenvalue weighted by Gasteiger charge is 2.15. The van der Waals surface area contributed by atoms with Crippen LogP contribution in [0.3, 0.4) is 0 Å². The lowest BCUT2D eigenvalue weighted by Crippen LogP contribution is -2.34. The maximum atomic E-state index is 11.7. The third kappa shape index (κ3) is 5.27. The fraction of sp³-hybridized carbons (Fsp3) is 0.500. The predicted molar refractivity (Wildman–Crippen MR) is 90.2 cm³/mol. The van der Waals surface area contributed by atoms with Gasteiger partial charge in [0.1, 0.15) is 0 Å². The Kier molecular flexibility index (Phi) is 6.15. The van der Waals surface area contributed by atoms with Crippen LogP contribution in [0.1, 0.15) is 37.0 Å². The van der Waals surface area contributed by atoms with Gasteiger partial charge in [-0.15, -0.1) is 0 Å². The second-order valence-electron chi connectivity index (χ2n) is 5.50. The van der Waals surface area contributed by atoms with Gasteiger partial charge in [-0.1, -0.05) is 0 Å². The van der Waals surface area contributed by atoms with Crippen molar-refractivity contribution in [1.29, 1.82) is 0 Å². The molecule has 1 aromatic rings. The topological polar surface area (TPSA) is 59.6 Å². The van der Waals surface area contributed by atoms with Crippen molar-refractivity contribution in [1.82, 2.24) is 5.32 Å². The molecule has 0 aliphatic carbocycles. The lowest BCUT2D eigenvalue weighted by atomic mass is 10.2. The van der Waals surface area contributed by atoms with Crippen LogP contribution in [-0.4, -0.2) is 36.4 Å². The number of anilines is 1. The van der Waals surface area contributed by atoms with Crippen molar-refractivity contribution in [2.24, 2.45) is 0 Å². The van der Waals surface area contributed by atoms with Crippen LogP contribution >= 0.6 is 12.2 Å². The van der Waals surface area contributed by atoms with Crippen LogP contribution in [0.4, 0.5) is 5.69 Å². The third-order valence-electron chi connectivity index (χ3n) is 3.24. The first kappa shape index (κ1) is 16.7. The first-order valence-electron chi connectivity index (χ1n) is 7.52. The molecular weight excluding hydrogens is 300 g/mol. The van der Waals surface area contributed by atoms with E-state index < -0.39 is 0 Å². The molecule has 120 valence electrons. The van der Waals surface area contributed by atoms with Gasteiger partial charge in [0.2, 0.25) is 0 Å². The van der Waals surface area contributed by atoms with Crippen molar-refractivity contribution >= 4 is 29.0 Å². The van der Waals surface area contributed by atoms with E-state index in [0.717, 1.165) is 25.1 Å². The summed E-state index contributed by atoms with van der Waals surface area (Å²) >= 11 is 5.24. The van der Waals surface area contributed by atoms with E-state index in [0.29, 0.717) is 17.2 Å². The molecule has 1 saturated heterocycles. The second kappa shape index (κ2) is 8.10. The molecule has 0 spiro atoms. The molecule has 0 radical (unpaired) electrons. The molecule has 1 fully saturated rings. The lowest BCUT2D eigenvalue weighted by molar-refractivity contribution is 0.0378. The number of ether oxygens (including phenoxy) is 2. The fourth-order valence-corrected chi connectivity index (χ4v) is 2.36. The van der Waals surface area contributed by atoms with Gasteiger partial charge in [-0.2, -0.15) is 0 Å². The van der Waals surface area contributed by atoms with E-state index in [1.807, 2.05) is 13.8 Å². The van der Waals surface area contributed by atoms with E-state index >= 15 is 0 Å². The van der Waals surface area contributed by atoms with E-state index in [-0.39, 0.29) is 18.2 Å². The molecule has 2 N–H and O–H groups in total. The second-order valence-corrected chi connectivity index (χ2v) is 5.91. The van der Waals surface area contributed by atoms with Crippen molar-refractivity contribution < 1.29 is 14.3 Å². The zero-order valence-corrected chi connectivity index (χ0v) is 13.7. The monoisotopic (exact) mass is 322 g/mol. The molecule has 5 nitrogen and oxygen atoms in total. The molecule has 6 heteroatoms. The highest BCUT2D eigenvalue weighted by molar-refractivity contribution is 7.80. The summed E-state index contributed by atoms with van der Waals surface area (Å²) in [6, 6.07) is 7.04. The highest BCUT2D eigenvalue weighted by Crippen LogP contribution is 2.12. The van der Waals surface area contributed by atoms with Crippen molar-refractivity contribution in [2.75, 3.05) is 18.5 Å². The van der Waals surface area contributed by atoms with Gasteiger partial charge in [-0.25, -0.2) is 4.79 Å². The number of carbonyl (C=O) groups is 1. The van der Waals surface area contributed by atoms with Crippen LogP contribution < -0.4 is 10.6 Å². The van der Waals surface area contributed by atoms with Crippen molar-refractivity contribution in [3.05, 3.63) is 29.8 Å². The van der Waals surface area contributed by atoms with Gasteiger partial charge in [0.05, 0.1) is 17.8 Å². The summed E-state index contributed by atoms with van der Waals surface area (Å²) in [7, 11) is 0. The van der Waals surface area contributed by atoms with Crippen LogP contribution in [0.15, 0.2) is 24.3 Å². The molecule has 0 unspecified atom stereocenters. The Bertz CT molecular complexity index is 511. The Hall–Kier alpha value is -1.66. The summed E-state index contributed by atoms with van der Waals surface area (Å²) in [6.07, 6.45) is 2.30. The summed E-state index contributed by atoms with van der Waals surface area (Å²) in [5, 5.41) is 6.77. The molecule has 0 saturated carbocycles. The van der Waals surface area contributed by atoms with Gasteiger partial charge in [0.15, 0.2) is 5.11 Å². The van der Waals surface area contributed by atoms with Gasteiger partial charge >= 0.3 is 5.97 Å². The molecule has 0 aromatic heterocycles. The number of benzene rings is 1. The van der Waals surface area contributed by atoms with Gasteiger partial charge in [0.25, 0.3) is 0 Å². The molecule has 0 amide bonds. The maximum Gasteiger partial charge on any atom is 0.338 e. The summed E-state index contributed by atoms with van der Waals surface area (Å²) < 4.78 is 10.7. The maximum absolute atomic E-state index is 11.7. The Labute approximate surface area is 136 Å². The standard InChI is InChI=1S/C16H22N2O3S/c1-11(2)21-15(19)12-5-7-13(8-6-12)18-16(22)17-10-14-4-3-9-20-14/h5-8,11,14H,3-4,9-10H2,1-2H3,(H2,17,18,22)/t14-/m0/s1. The van der Waals surface area contributed by atoms with Gasteiger partial charge in [0, 0.05) is 18.8 Å². The number of esters is 1. The minimum Gasteiger partial charge on any atom is -0.459 e. The summed E-state index contributed by atoms with van der Waals surface area (Å²) in [4.78, 5) is 11.7. The van der Waals surface area contributed by atoms with E-state index in [1.165, 1.54) is 0 Å². The average molecular weight is 322 g/mol. The van der Waals surface area contributed by atoms with E-state index in [2.05, 4.69) is 10.6 Å². The number of thiocarbonyl (C=S) groups is 1.